The molecule has 24 heavy (non-hydrogen) atoms. The van der Waals surface area contributed by atoms with E-state index < -0.39 is 11.6 Å². The molecule has 1 aromatic rings. The Balaban J connectivity index is 2.19. The zero-order chi connectivity index (χ0) is 17.7. The van der Waals surface area contributed by atoms with Crippen LogP contribution >= 0.6 is 0 Å². The summed E-state index contributed by atoms with van der Waals surface area (Å²) in [6.07, 6.45) is 3.38. The van der Waals surface area contributed by atoms with Crippen LogP contribution in [0, 0.1) is 17.2 Å². The first kappa shape index (κ1) is 18.0. The van der Waals surface area contributed by atoms with Crippen LogP contribution in [0.2, 0.25) is 0 Å². The SMILES string of the molecule is CO[C@]1(C(=O)Nc2ccc(OC(C)=O)c(C#N)c2)CCC[C@H](C)C1. The van der Waals surface area contributed by atoms with Gasteiger partial charge >= 0.3 is 5.97 Å². The number of benzene rings is 1. The van der Waals surface area contributed by atoms with Crippen LogP contribution < -0.4 is 10.1 Å². The Kier molecular flexibility index (Phi) is 5.58. The van der Waals surface area contributed by atoms with Crippen LogP contribution in [0.4, 0.5) is 5.69 Å². The molecular formula is C18H22N2O4. The van der Waals surface area contributed by atoms with Gasteiger partial charge in [0.1, 0.15) is 17.4 Å². The first-order chi connectivity index (χ1) is 11.4. The van der Waals surface area contributed by atoms with Crippen LogP contribution in [0.3, 0.4) is 0 Å². The standard InChI is InChI=1S/C18H22N2O4/c1-12-5-4-8-18(10-12,23-3)17(22)20-15-6-7-16(24-13(2)21)14(9-15)11-19/h6-7,9,12H,4-5,8,10H2,1-3H3,(H,20,22)/t12-,18+/m0/s1. The van der Waals surface area contributed by atoms with Gasteiger partial charge in [-0.3, -0.25) is 9.59 Å². The summed E-state index contributed by atoms with van der Waals surface area (Å²) < 4.78 is 10.5. The van der Waals surface area contributed by atoms with Gasteiger partial charge in [-0.1, -0.05) is 13.3 Å². The number of carbonyl (C=O) groups is 2. The largest absolute Gasteiger partial charge is 0.425 e. The van der Waals surface area contributed by atoms with Crippen molar-refractivity contribution < 1.29 is 19.1 Å². The first-order valence-corrected chi connectivity index (χ1v) is 7.99. The average molecular weight is 330 g/mol. The molecule has 1 aliphatic rings. The van der Waals surface area contributed by atoms with Crippen LogP contribution in [0.25, 0.3) is 0 Å². The van der Waals surface area contributed by atoms with E-state index in [1.165, 1.54) is 19.1 Å². The van der Waals surface area contributed by atoms with Crippen molar-refractivity contribution in [3.05, 3.63) is 23.8 Å². The number of methoxy groups -OCH3 is 1. The quantitative estimate of drug-likeness (QED) is 0.677. The molecular weight excluding hydrogens is 308 g/mol. The lowest BCUT2D eigenvalue weighted by molar-refractivity contribution is -0.143. The van der Waals surface area contributed by atoms with Crippen molar-refractivity contribution in [3.63, 3.8) is 0 Å². The van der Waals surface area contributed by atoms with Gasteiger partial charge in [-0.15, -0.1) is 0 Å². The summed E-state index contributed by atoms with van der Waals surface area (Å²) in [7, 11) is 1.56. The highest BCUT2D eigenvalue weighted by Crippen LogP contribution is 2.36. The summed E-state index contributed by atoms with van der Waals surface area (Å²) in [6, 6.07) is 6.56. The molecule has 0 unspecified atom stereocenters. The maximum absolute atomic E-state index is 12.7. The van der Waals surface area contributed by atoms with Crippen molar-refractivity contribution in [2.24, 2.45) is 5.92 Å². The Bertz CT molecular complexity index is 680. The van der Waals surface area contributed by atoms with Crippen LogP contribution in [0.1, 0.15) is 45.1 Å². The Morgan fingerprint density at radius 2 is 2.17 bits per heavy atom. The molecule has 1 amide bonds. The number of hydrogen-bond donors (Lipinski definition) is 1. The van der Waals surface area contributed by atoms with Crippen molar-refractivity contribution in [1.29, 1.82) is 5.26 Å². The van der Waals surface area contributed by atoms with Gasteiger partial charge in [0.2, 0.25) is 0 Å². The maximum atomic E-state index is 12.7. The molecule has 0 bridgehead atoms. The fourth-order valence-corrected chi connectivity index (χ4v) is 3.17. The Morgan fingerprint density at radius 3 is 2.75 bits per heavy atom. The summed E-state index contributed by atoms with van der Waals surface area (Å²) >= 11 is 0. The highest BCUT2D eigenvalue weighted by molar-refractivity contribution is 5.97. The van der Waals surface area contributed by atoms with E-state index in [0.29, 0.717) is 24.4 Å². The second-order valence-electron chi connectivity index (χ2n) is 6.27. The van der Waals surface area contributed by atoms with E-state index in [0.717, 1.165) is 12.8 Å². The van der Waals surface area contributed by atoms with Crippen LogP contribution in [0.15, 0.2) is 18.2 Å². The van der Waals surface area contributed by atoms with E-state index in [1.54, 1.807) is 13.2 Å². The number of hydrogen-bond acceptors (Lipinski definition) is 5. The number of rotatable bonds is 4. The Hall–Kier alpha value is -2.39. The van der Waals surface area contributed by atoms with E-state index in [1.807, 2.05) is 6.07 Å². The molecule has 0 aromatic heterocycles. The molecule has 1 saturated carbocycles. The predicted molar refractivity (Wildman–Crippen MR) is 88.5 cm³/mol. The zero-order valence-corrected chi connectivity index (χ0v) is 14.2. The summed E-state index contributed by atoms with van der Waals surface area (Å²) in [6.45, 7) is 3.38. The molecule has 1 N–H and O–H groups in total. The first-order valence-electron chi connectivity index (χ1n) is 7.99. The van der Waals surface area contributed by atoms with Gasteiger partial charge in [-0.2, -0.15) is 5.26 Å². The molecule has 0 heterocycles. The minimum absolute atomic E-state index is 0.177. The second kappa shape index (κ2) is 7.45. The van der Waals surface area contributed by atoms with Crippen molar-refractivity contribution in [2.45, 2.75) is 45.1 Å². The van der Waals surface area contributed by atoms with Gasteiger partial charge in [-0.05, 0) is 43.4 Å². The number of anilines is 1. The second-order valence-corrected chi connectivity index (χ2v) is 6.27. The molecule has 0 saturated heterocycles. The van der Waals surface area contributed by atoms with E-state index in [-0.39, 0.29) is 17.2 Å². The molecule has 2 rings (SSSR count). The Labute approximate surface area is 141 Å². The van der Waals surface area contributed by atoms with Gasteiger partial charge in [0.05, 0.1) is 5.56 Å². The van der Waals surface area contributed by atoms with E-state index in [4.69, 9.17) is 9.47 Å². The number of amides is 1. The summed E-state index contributed by atoms with van der Waals surface area (Å²) in [5.74, 6) is -0.111. The van der Waals surface area contributed by atoms with Gasteiger partial charge in [0.25, 0.3) is 5.91 Å². The molecule has 128 valence electrons. The van der Waals surface area contributed by atoms with Crippen molar-refractivity contribution in [3.8, 4) is 11.8 Å². The third-order valence-corrected chi connectivity index (χ3v) is 4.37. The monoisotopic (exact) mass is 330 g/mol. The third-order valence-electron chi connectivity index (χ3n) is 4.37. The van der Waals surface area contributed by atoms with Crippen LogP contribution in [0.5, 0.6) is 5.75 Å². The maximum Gasteiger partial charge on any atom is 0.308 e. The van der Waals surface area contributed by atoms with E-state index in [2.05, 4.69) is 12.2 Å². The fourth-order valence-electron chi connectivity index (χ4n) is 3.17. The number of nitriles is 1. The predicted octanol–water partition coefficient (Wildman–Crippen LogP) is 3.02. The smallest absolute Gasteiger partial charge is 0.308 e. The topological polar surface area (TPSA) is 88.4 Å². The van der Waals surface area contributed by atoms with Crippen LogP contribution in [-0.2, 0) is 14.3 Å². The highest BCUT2D eigenvalue weighted by atomic mass is 16.5. The molecule has 0 aliphatic heterocycles. The lowest BCUT2D eigenvalue weighted by atomic mass is 9.78. The molecule has 0 spiro atoms. The molecule has 6 heteroatoms. The minimum Gasteiger partial charge on any atom is -0.425 e. The molecule has 1 fully saturated rings. The lowest BCUT2D eigenvalue weighted by Crippen LogP contribution is -2.47. The van der Waals surface area contributed by atoms with E-state index in [9.17, 15) is 14.9 Å². The molecule has 0 radical (unpaired) electrons. The van der Waals surface area contributed by atoms with Crippen molar-refractivity contribution in [1.82, 2.24) is 0 Å². The fraction of sp³-hybridized carbons (Fsp3) is 0.500. The summed E-state index contributed by atoms with van der Waals surface area (Å²) in [4.78, 5) is 23.8. The highest BCUT2D eigenvalue weighted by Gasteiger charge is 2.42. The molecule has 6 nitrogen and oxygen atoms in total. The lowest BCUT2D eigenvalue weighted by Gasteiger charge is -2.37. The molecule has 2 atom stereocenters. The molecule has 1 aliphatic carbocycles. The number of nitrogens with zero attached hydrogens (tertiary/aromatic N) is 1. The number of esters is 1. The number of nitrogens with one attached hydrogen (secondary N) is 1. The van der Waals surface area contributed by atoms with Gasteiger partial charge in [0, 0.05) is 19.7 Å². The van der Waals surface area contributed by atoms with Crippen molar-refractivity contribution in [2.75, 3.05) is 12.4 Å². The normalized spacial score (nSPS) is 23.2. The molecule has 1 aromatic carbocycles. The van der Waals surface area contributed by atoms with Gasteiger partial charge < -0.3 is 14.8 Å². The number of carbonyl (C=O) groups excluding carboxylic acids is 2. The van der Waals surface area contributed by atoms with E-state index >= 15 is 0 Å². The van der Waals surface area contributed by atoms with Gasteiger partial charge in [0.15, 0.2) is 0 Å². The minimum atomic E-state index is -0.834. The summed E-state index contributed by atoms with van der Waals surface area (Å²) in [5, 5.41) is 12.0. The van der Waals surface area contributed by atoms with Crippen molar-refractivity contribution >= 4 is 17.6 Å². The Morgan fingerprint density at radius 1 is 1.42 bits per heavy atom. The zero-order valence-electron chi connectivity index (χ0n) is 14.2. The van der Waals surface area contributed by atoms with Gasteiger partial charge in [-0.25, -0.2) is 0 Å². The number of ether oxygens (including phenoxy) is 2. The third kappa shape index (κ3) is 3.92. The average Bonchev–Trinajstić information content (AvgIpc) is 2.55. The van der Waals surface area contributed by atoms with Crippen LogP contribution in [-0.4, -0.2) is 24.6 Å². The summed E-state index contributed by atoms with van der Waals surface area (Å²) in [5.41, 5.74) is -0.174.